The predicted molar refractivity (Wildman–Crippen MR) is 121 cm³/mol. The number of aromatic nitrogens is 2. The van der Waals surface area contributed by atoms with E-state index in [9.17, 15) is 9.59 Å². The minimum atomic E-state index is -0.300. The van der Waals surface area contributed by atoms with Gasteiger partial charge >= 0.3 is 0 Å². The van der Waals surface area contributed by atoms with Crippen LogP contribution in [-0.2, 0) is 0 Å². The molecule has 3 rings (SSSR count). The Balaban J connectivity index is 1.87. The molecular formula is C24H30N4O2. The highest BCUT2D eigenvalue weighted by molar-refractivity contribution is 6.07. The Morgan fingerprint density at radius 2 is 1.80 bits per heavy atom. The van der Waals surface area contributed by atoms with Gasteiger partial charge in [0.15, 0.2) is 0 Å². The minimum Gasteiger partial charge on any atom is -0.345 e. The van der Waals surface area contributed by atoms with Gasteiger partial charge in [0.05, 0.1) is 5.56 Å². The van der Waals surface area contributed by atoms with Crippen molar-refractivity contribution >= 4 is 28.7 Å². The first-order valence-electron chi connectivity index (χ1n) is 10.3. The first-order chi connectivity index (χ1) is 14.1. The summed E-state index contributed by atoms with van der Waals surface area (Å²) in [6.45, 7) is 12.3. The van der Waals surface area contributed by atoms with Crippen molar-refractivity contribution in [3.05, 3.63) is 59.3 Å². The fraction of sp³-hybridized carbons (Fsp3) is 0.375. The van der Waals surface area contributed by atoms with Gasteiger partial charge in [-0.25, -0.2) is 4.98 Å². The number of anilines is 1. The molecule has 3 aromatic rings. The van der Waals surface area contributed by atoms with E-state index in [2.05, 4.69) is 29.1 Å². The maximum atomic E-state index is 13.4. The minimum absolute atomic E-state index is 0.0265. The number of carbonyl (C=O) groups is 2. The number of rotatable bonds is 5. The Hall–Kier alpha value is -3.15. The van der Waals surface area contributed by atoms with E-state index in [1.54, 1.807) is 24.4 Å². The lowest BCUT2D eigenvalue weighted by Gasteiger charge is -2.40. The molecule has 0 unspecified atom stereocenters. The van der Waals surface area contributed by atoms with Crippen molar-refractivity contribution in [2.45, 2.75) is 59.5 Å². The highest BCUT2D eigenvalue weighted by Gasteiger charge is 2.32. The zero-order valence-electron chi connectivity index (χ0n) is 18.5. The lowest BCUT2D eigenvalue weighted by atomic mass is 10.00. The molecule has 6 nitrogen and oxygen atoms in total. The second-order valence-electron chi connectivity index (χ2n) is 8.72. The summed E-state index contributed by atoms with van der Waals surface area (Å²) in [4.78, 5) is 35.3. The summed E-state index contributed by atoms with van der Waals surface area (Å²) in [6.07, 6.45) is 2.57. The molecule has 2 aromatic heterocycles. The average molecular weight is 407 g/mol. The smallest absolute Gasteiger partial charge is 0.256 e. The second kappa shape index (κ2) is 8.30. The van der Waals surface area contributed by atoms with Gasteiger partial charge in [0.25, 0.3) is 11.8 Å². The number of carbonyl (C=O) groups excluding carboxylic acids is 2. The quantitative estimate of drug-likeness (QED) is 0.614. The van der Waals surface area contributed by atoms with Crippen molar-refractivity contribution in [2.24, 2.45) is 0 Å². The molecule has 0 aliphatic heterocycles. The van der Waals surface area contributed by atoms with Crippen LogP contribution in [0.5, 0.6) is 0 Å². The summed E-state index contributed by atoms with van der Waals surface area (Å²) >= 11 is 0. The monoisotopic (exact) mass is 406 g/mol. The number of fused-ring (bicyclic) bond motifs is 1. The van der Waals surface area contributed by atoms with Crippen LogP contribution >= 0.6 is 0 Å². The molecule has 2 heterocycles. The predicted octanol–water partition coefficient (Wildman–Crippen LogP) is 5.16. The summed E-state index contributed by atoms with van der Waals surface area (Å²) < 4.78 is 0. The number of hydrogen-bond acceptors (Lipinski definition) is 3. The Morgan fingerprint density at radius 1 is 1.13 bits per heavy atom. The van der Waals surface area contributed by atoms with E-state index < -0.39 is 0 Å². The maximum Gasteiger partial charge on any atom is 0.256 e. The molecule has 2 N–H and O–H groups in total. The Labute approximate surface area is 177 Å². The van der Waals surface area contributed by atoms with Crippen LogP contribution in [0.1, 0.15) is 67.3 Å². The summed E-state index contributed by atoms with van der Waals surface area (Å²) in [6, 6.07) is 11.0. The maximum absolute atomic E-state index is 13.4. The lowest BCUT2D eigenvalue weighted by molar-refractivity contribution is 0.0460. The van der Waals surface area contributed by atoms with E-state index in [0.29, 0.717) is 22.6 Å². The molecule has 0 saturated heterocycles. The Bertz CT molecular complexity index is 1060. The van der Waals surface area contributed by atoms with E-state index in [-0.39, 0.29) is 23.4 Å². The molecule has 0 aliphatic rings. The average Bonchev–Trinajstić information content (AvgIpc) is 3.10. The van der Waals surface area contributed by atoms with Gasteiger partial charge in [-0.15, -0.1) is 0 Å². The number of nitrogens with one attached hydrogen (secondary N) is 2. The molecule has 158 valence electrons. The highest BCUT2D eigenvalue weighted by Crippen LogP contribution is 2.26. The van der Waals surface area contributed by atoms with Crippen molar-refractivity contribution in [1.82, 2.24) is 14.9 Å². The van der Waals surface area contributed by atoms with Crippen molar-refractivity contribution in [3.8, 4) is 0 Å². The second-order valence-corrected chi connectivity index (χ2v) is 8.72. The molecule has 0 bridgehead atoms. The zero-order chi connectivity index (χ0) is 22.1. The first kappa shape index (κ1) is 21.6. The standard InChI is InChI=1S/C24H30N4O2/c1-7-16(3)28(24(4,5)6)23(30)19-14-25-21-18(19)12-13-20(26-21)27-22(29)17-10-8-15(2)9-11-17/h8-14,16H,7H2,1-6H3,(H2,25,26,27,29)/t16-/m0/s1. The third-order valence-electron chi connectivity index (χ3n) is 5.30. The van der Waals surface area contributed by atoms with Gasteiger partial charge in [0, 0.05) is 28.7 Å². The number of benzene rings is 1. The zero-order valence-corrected chi connectivity index (χ0v) is 18.5. The third kappa shape index (κ3) is 4.37. The third-order valence-corrected chi connectivity index (χ3v) is 5.30. The molecule has 2 amide bonds. The van der Waals surface area contributed by atoms with Crippen molar-refractivity contribution < 1.29 is 9.59 Å². The summed E-state index contributed by atoms with van der Waals surface area (Å²) in [5.74, 6) is 0.185. The van der Waals surface area contributed by atoms with E-state index >= 15 is 0 Å². The molecule has 1 aromatic carbocycles. The van der Waals surface area contributed by atoms with Crippen molar-refractivity contribution in [3.63, 3.8) is 0 Å². The van der Waals surface area contributed by atoms with Crippen molar-refractivity contribution in [1.29, 1.82) is 0 Å². The molecule has 0 saturated carbocycles. The van der Waals surface area contributed by atoms with Gasteiger partial charge in [0.1, 0.15) is 11.5 Å². The number of H-pyrrole nitrogens is 1. The number of aromatic amines is 1. The molecule has 0 fully saturated rings. The lowest BCUT2D eigenvalue weighted by Crippen LogP contribution is -2.50. The topological polar surface area (TPSA) is 78.1 Å². The van der Waals surface area contributed by atoms with Gasteiger partial charge in [-0.3, -0.25) is 9.59 Å². The van der Waals surface area contributed by atoms with Gasteiger partial charge in [-0.2, -0.15) is 0 Å². The Kier molecular flexibility index (Phi) is 5.97. The van der Waals surface area contributed by atoms with Crippen LogP contribution in [0.3, 0.4) is 0 Å². The first-order valence-corrected chi connectivity index (χ1v) is 10.3. The number of aryl methyl sites for hydroxylation is 1. The molecule has 0 spiro atoms. The Morgan fingerprint density at radius 3 is 2.40 bits per heavy atom. The van der Waals surface area contributed by atoms with Crippen LogP contribution in [0.2, 0.25) is 0 Å². The summed E-state index contributed by atoms with van der Waals surface area (Å²) in [7, 11) is 0. The molecular weight excluding hydrogens is 376 g/mol. The van der Waals surface area contributed by atoms with Gasteiger partial charge in [0.2, 0.25) is 0 Å². The van der Waals surface area contributed by atoms with Crippen LogP contribution < -0.4 is 5.32 Å². The van der Waals surface area contributed by atoms with E-state index in [0.717, 1.165) is 17.4 Å². The summed E-state index contributed by atoms with van der Waals surface area (Å²) in [5.41, 5.74) is 2.52. The number of amides is 2. The van der Waals surface area contributed by atoms with Crippen LogP contribution in [0.15, 0.2) is 42.6 Å². The normalized spacial score (nSPS) is 12.6. The van der Waals surface area contributed by atoms with Crippen molar-refractivity contribution in [2.75, 3.05) is 5.32 Å². The molecule has 6 heteroatoms. The number of pyridine rings is 1. The fourth-order valence-electron chi connectivity index (χ4n) is 3.62. The largest absolute Gasteiger partial charge is 0.345 e. The number of hydrogen-bond donors (Lipinski definition) is 2. The number of nitrogens with zero attached hydrogens (tertiary/aromatic N) is 2. The van der Waals surface area contributed by atoms with Gasteiger partial charge < -0.3 is 15.2 Å². The van der Waals surface area contributed by atoms with E-state index in [4.69, 9.17) is 0 Å². The molecule has 0 aliphatic carbocycles. The molecule has 30 heavy (non-hydrogen) atoms. The van der Waals surface area contributed by atoms with E-state index in [1.165, 1.54) is 0 Å². The summed E-state index contributed by atoms with van der Waals surface area (Å²) in [5, 5.41) is 3.56. The van der Waals surface area contributed by atoms with E-state index in [1.807, 2.05) is 50.8 Å². The fourth-order valence-corrected chi connectivity index (χ4v) is 3.62. The SMILES string of the molecule is CC[C@H](C)N(C(=O)c1c[nH]c2nc(NC(=O)c3ccc(C)cc3)ccc12)C(C)(C)C. The molecule has 0 radical (unpaired) electrons. The van der Waals surface area contributed by atoms with Crippen LogP contribution in [0, 0.1) is 6.92 Å². The molecule has 1 atom stereocenters. The van der Waals surface area contributed by atoms with Gasteiger partial charge in [-0.05, 0) is 65.3 Å². The van der Waals surface area contributed by atoms with Crippen LogP contribution in [-0.4, -0.2) is 38.3 Å². The highest BCUT2D eigenvalue weighted by atomic mass is 16.2. The van der Waals surface area contributed by atoms with Crippen LogP contribution in [0.25, 0.3) is 11.0 Å². The van der Waals surface area contributed by atoms with Crippen LogP contribution in [0.4, 0.5) is 5.82 Å². The van der Waals surface area contributed by atoms with Gasteiger partial charge in [-0.1, -0.05) is 24.6 Å².